The van der Waals surface area contributed by atoms with Crippen LogP contribution in [0.2, 0.25) is 0 Å². The summed E-state index contributed by atoms with van der Waals surface area (Å²) in [7, 11) is 0. The van der Waals surface area contributed by atoms with Crippen LogP contribution < -0.4 is 15.6 Å². The van der Waals surface area contributed by atoms with Crippen LogP contribution in [0.5, 0.6) is 11.5 Å². The molecule has 1 amide bonds. The second-order valence-electron chi connectivity index (χ2n) is 5.05. The van der Waals surface area contributed by atoms with Crippen molar-refractivity contribution < 1.29 is 32.6 Å². The van der Waals surface area contributed by atoms with Crippen molar-refractivity contribution in [3.8, 4) is 11.5 Å². The minimum absolute atomic E-state index is 0.00479. The number of esters is 1. The van der Waals surface area contributed by atoms with Crippen molar-refractivity contribution >= 4 is 22.8 Å². The van der Waals surface area contributed by atoms with Crippen LogP contribution in [-0.4, -0.2) is 34.2 Å². The normalized spacial score (nSPS) is 12.6. The number of carbonyl (C=O) groups is 2. The van der Waals surface area contributed by atoms with Gasteiger partial charge in [0.1, 0.15) is 17.5 Å². The lowest BCUT2D eigenvalue weighted by Crippen LogP contribution is -2.47. The third-order valence-electron chi connectivity index (χ3n) is 3.30. The van der Waals surface area contributed by atoms with Crippen molar-refractivity contribution in [1.82, 2.24) is 10.3 Å². The standard InChI is InChI=1S/C15H13F3N2O5/c1-2-8(19-14(24)15(16,17)18)13(23)25-10-5-4-9(21)12-7(10)3-6-11(22)20-12/h3-6,8,21H,2H2,1H3,(H,19,24)(H,20,22). The van der Waals surface area contributed by atoms with E-state index in [1.54, 1.807) is 5.32 Å². The molecule has 0 saturated carbocycles. The zero-order chi connectivity index (χ0) is 18.8. The van der Waals surface area contributed by atoms with Crippen molar-refractivity contribution in [2.24, 2.45) is 0 Å². The maximum Gasteiger partial charge on any atom is 0.471 e. The number of phenolic OH excluding ortho intramolecular Hbond substituents is 1. The van der Waals surface area contributed by atoms with Crippen molar-refractivity contribution in [3.63, 3.8) is 0 Å². The molecule has 134 valence electrons. The molecule has 1 aromatic carbocycles. The summed E-state index contributed by atoms with van der Waals surface area (Å²) in [5.74, 6) is -3.73. The number of fused-ring (bicyclic) bond motifs is 1. The Balaban J connectivity index is 2.28. The molecule has 1 aromatic heterocycles. The highest BCUT2D eigenvalue weighted by Gasteiger charge is 2.40. The first kappa shape index (κ1) is 18.3. The number of hydrogen-bond acceptors (Lipinski definition) is 5. The minimum Gasteiger partial charge on any atom is -0.506 e. The molecule has 0 bridgehead atoms. The predicted octanol–water partition coefficient (Wildman–Crippen LogP) is 1.60. The number of halogens is 3. The number of alkyl halides is 3. The third-order valence-corrected chi connectivity index (χ3v) is 3.30. The minimum atomic E-state index is -5.13. The first-order valence-electron chi connectivity index (χ1n) is 7.08. The van der Waals surface area contributed by atoms with Gasteiger partial charge in [-0.25, -0.2) is 4.79 Å². The van der Waals surface area contributed by atoms with Gasteiger partial charge in [0.15, 0.2) is 0 Å². The number of amides is 1. The molecule has 2 aromatic rings. The molecule has 1 heterocycles. The molecule has 0 saturated heterocycles. The summed E-state index contributed by atoms with van der Waals surface area (Å²) in [6, 6.07) is 3.26. The van der Waals surface area contributed by atoms with Gasteiger partial charge in [-0.15, -0.1) is 0 Å². The van der Waals surface area contributed by atoms with E-state index in [-0.39, 0.29) is 28.8 Å². The van der Waals surface area contributed by atoms with Gasteiger partial charge in [0, 0.05) is 11.5 Å². The summed E-state index contributed by atoms with van der Waals surface area (Å²) in [5.41, 5.74) is -0.500. The van der Waals surface area contributed by atoms with Crippen LogP contribution in [0.1, 0.15) is 13.3 Å². The summed E-state index contributed by atoms with van der Waals surface area (Å²) in [4.78, 5) is 36.7. The summed E-state index contributed by atoms with van der Waals surface area (Å²) < 4.78 is 41.9. The Labute approximate surface area is 138 Å². The van der Waals surface area contributed by atoms with Gasteiger partial charge in [-0.3, -0.25) is 9.59 Å². The molecule has 0 aliphatic rings. The SMILES string of the molecule is CCC(NC(=O)C(F)(F)F)C(=O)Oc1ccc(O)c2[nH]c(=O)ccc12. The van der Waals surface area contributed by atoms with Gasteiger partial charge in [0.2, 0.25) is 5.56 Å². The monoisotopic (exact) mass is 358 g/mol. The molecule has 1 atom stereocenters. The van der Waals surface area contributed by atoms with Crippen LogP contribution in [0, 0.1) is 0 Å². The molecule has 2 rings (SSSR count). The van der Waals surface area contributed by atoms with Crippen LogP contribution in [0.3, 0.4) is 0 Å². The molecule has 0 aliphatic heterocycles. The van der Waals surface area contributed by atoms with Crippen LogP contribution in [0.15, 0.2) is 29.1 Å². The number of rotatable bonds is 4. The Morgan fingerprint density at radius 2 is 1.96 bits per heavy atom. The second kappa shape index (κ2) is 6.83. The van der Waals surface area contributed by atoms with E-state index in [0.29, 0.717) is 0 Å². The van der Waals surface area contributed by atoms with Crippen LogP contribution in [0.25, 0.3) is 10.9 Å². The average Bonchev–Trinajstić information content (AvgIpc) is 2.54. The van der Waals surface area contributed by atoms with Gasteiger partial charge in [-0.05, 0) is 24.6 Å². The van der Waals surface area contributed by atoms with E-state index >= 15 is 0 Å². The van der Waals surface area contributed by atoms with Crippen LogP contribution >= 0.6 is 0 Å². The number of aromatic nitrogens is 1. The second-order valence-corrected chi connectivity index (χ2v) is 5.05. The summed E-state index contributed by atoms with van der Waals surface area (Å²) >= 11 is 0. The number of benzene rings is 1. The smallest absolute Gasteiger partial charge is 0.471 e. The molecule has 0 aliphatic carbocycles. The average molecular weight is 358 g/mol. The lowest BCUT2D eigenvalue weighted by Gasteiger charge is -2.17. The van der Waals surface area contributed by atoms with Gasteiger partial charge in [-0.1, -0.05) is 6.92 Å². The molecular weight excluding hydrogens is 345 g/mol. The third kappa shape index (κ3) is 4.08. The Hall–Kier alpha value is -3.04. The maximum absolute atomic E-state index is 12.3. The zero-order valence-electron chi connectivity index (χ0n) is 12.8. The highest BCUT2D eigenvalue weighted by molar-refractivity contribution is 5.93. The number of phenols is 1. The Bertz CT molecular complexity index is 876. The number of ether oxygens (including phenoxy) is 1. The maximum atomic E-state index is 12.3. The van der Waals surface area contributed by atoms with Crippen molar-refractivity contribution in [2.75, 3.05) is 0 Å². The Morgan fingerprint density at radius 3 is 2.56 bits per heavy atom. The number of H-pyrrole nitrogens is 1. The van der Waals surface area contributed by atoms with Crippen molar-refractivity contribution in [2.45, 2.75) is 25.6 Å². The van der Waals surface area contributed by atoms with Crippen LogP contribution in [0.4, 0.5) is 13.2 Å². The highest BCUT2D eigenvalue weighted by atomic mass is 19.4. The van der Waals surface area contributed by atoms with E-state index in [1.807, 2.05) is 0 Å². The fraction of sp³-hybridized carbons (Fsp3) is 0.267. The molecule has 3 N–H and O–H groups in total. The predicted molar refractivity (Wildman–Crippen MR) is 80.1 cm³/mol. The van der Waals surface area contributed by atoms with E-state index < -0.39 is 29.7 Å². The van der Waals surface area contributed by atoms with Gasteiger partial charge in [0.05, 0.1) is 5.52 Å². The topological polar surface area (TPSA) is 108 Å². The largest absolute Gasteiger partial charge is 0.506 e. The van der Waals surface area contributed by atoms with Crippen molar-refractivity contribution in [3.05, 3.63) is 34.6 Å². The lowest BCUT2D eigenvalue weighted by atomic mass is 10.2. The van der Waals surface area contributed by atoms with Gasteiger partial charge in [-0.2, -0.15) is 13.2 Å². The van der Waals surface area contributed by atoms with Crippen LogP contribution in [-0.2, 0) is 9.59 Å². The first-order valence-corrected chi connectivity index (χ1v) is 7.08. The van der Waals surface area contributed by atoms with E-state index in [4.69, 9.17) is 4.74 Å². The Morgan fingerprint density at radius 1 is 1.28 bits per heavy atom. The lowest BCUT2D eigenvalue weighted by molar-refractivity contribution is -0.175. The summed E-state index contributed by atoms with van der Waals surface area (Å²) in [6.07, 6.45) is -5.26. The quantitative estimate of drug-likeness (QED) is 0.568. The van der Waals surface area contributed by atoms with E-state index in [9.17, 15) is 32.7 Å². The van der Waals surface area contributed by atoms with E-state index in [1.165, 1.54) is 19.1 Å². The van der Waals surface area contributed by atoms with Gasteiger partial charge >= 0.3 is 18.1 Å². The number of aromatic amines is 1. The number of carbonyl (C=O) groups excluding carboxylic acids is 2. The number of nitrogens with one attached hydrogen (secondary N) is 2. The molecule has 1 unspecified atom stereocenters. The summed E-state index contributed by atoms with van der Waals surface area (Å²) in [6.45, 7) is 1.40. The highest BCUT2D eigenvalue weighted by Crippen LogP contribution is 2.30. The number of hydrogen-bond donors (Lipinski definition) is 3. The first-order chi connectivity index (χ1) is 11.6. The molecule has 7 nitrogen and oxygen atoms in total. The molecule has 0 spiro atoms. The van der Waals surface area contributed by atoms with Gasteiger partial charge in [0.25, 0.3) is 0 Å². The summed E-state index contributed by atoms with van der Waals surface area (Å²) in [5, 5.41) is 11.4. The van der Waals surface area contributed by atoms with E-state index in [0.717, 1.165) is 12.1 Å². The number of pyridine rings is 1. The molecule has 0 fully saturated rings. The molecule has 25 heavy (non-hydrogen) atoms. The Kier molecular flexibility index (Phi) is 5.00. The molecular formula is C15H13F3N2O5. The fourth-order valence-corrected chi connectivity index (χ4v) is 2.05. The fourth-order valence-electron chi connectivity index (χ4n) is 2.05. The molecule has 0 radical (unpaired) electrons. The zero-order valence-corrected chi connectivity index (χ0v) is 12.8. The van der Waals surface area contributed by atoms with E-state index in [2.05, 4.69) is 4.98 Å². The van der Waals surface area contributed by atoms with Crippen molar-refractivity contribution in [1.29, 1.82) is 0 Å². The number of aromatic hydroxyl groups is 1. The van der Waals surface area contributed by atoms with Gasteiger partial charge < -0.3 is 20.1 Å². The molecule has 10 heteroatoms.